The number of H-pyrrole nitrogens is 2. The van der Waals surface area contributed by atoms with E-state index in [0.717, 1.165) is 38.7 Å². The zero-order valence-electron chi connectivity index (χ0n) is 20.2. The maximum atomic E-state index is 12.2. The third-order valence-electron chi connectivity index (χ3n) is 5.98. The molecule has 10 heteroatoms. The second-order valence-corrected chi connectivity index (χ2v) is 8.96. The summed E-state index contributed by atoms with van der Waals surface area (Å²) in [5, 5.41) is 11.4. The zero-order chi connectivity index (χ0) is 25.4. The van der Waals surface area contributed by atoms with Crippen LogP contribution in [0.15, 0.2) is 73.4 Å². The number of hydrogen-bond acceptors (Lipinski definition) is 7. The Bertz CT molecular complexity index is 1740. The molecule has 0 fully saturated rings. The number of hydrogen-bond donors (Lipinski definition) is 3. The van der Waals surface area contributed by atoms with Gasteiger partial charge in [0.1, 0.15) is 11.2 Å². The Morgan fingerprint density at radius 2 is 1.81 bits per heavy atom. The molecule has 6 aromatic rings. The number of carbonyl (C=O) groups excluding carboxylic acids is 1. The normalized spacial score (nSPS) is 11.4. The Labute approximate surface area is 211 Å². The number of nitrogens with one attached hydrogen (secondary N) is 3. The van der Waals surface area contributed by atoms with Gasteiger partial charge in [-0.1, -0.05) is 6.07 Å². The van der Waals surface area contributed by atoms with Gasteiger partial charge in [-0.05, 0) is 61.6 Å². The molecule has 0 saturated heterocycles. The van der Waals surface area contributed by atoms with E-state index in [2.05, 4.69) is 35.5 Å². The fourth-order valence-electron chi connectivity index (χ4n) is 4.32. The van der Waals surface area contributed by atoms with Crippen LogP contribution < -0.4 is 5.32 Å². The highest BCUT2D eigenvalue weighted by atomic mass is 16.2. The molecule has 0 aliphatic rings. The Kier molecular flexibility index (Phi) is 5.62. The quantitative estimate of drug-likeness (QED) is 0.321. The van der Waals surface area contributed by atoms with Crippen LogP contribution in [0.5, 0.6) is 0 Å². The number of pyridine rings is 3. The minimum Gasteiger partial charge on any atom is -0.324 e. The van der Waals surface area contributed by atoms with Gasteiger partial charge in [-0.25, -0.2) is 9.97 Å². The molecule has 0 bridgehead atoms. The molecule has 1 aromatic carbocycles. The Hall–Kier alpha value is -4.96. The third-order valence-corrected chi connectivity index (χ3v) is 5.98. The average Bonchev–Trinajstić information content (AvgIpc) is 3.52. The molecule has 5 aromatic heterocycles. The first-order valence-electron chi connectivity index (χ1n) is 11.7. The first-order valence-corrected chi connectivity index (χ1v) is 11.7. The molecule has 3 N–H and O–H groups in total. The summed E-state index contributed by atoms with van der Waals surface area (Å²) in [7, 11) is 3.70. The van der Waals surface area contributed by atoms with Gasteiger partial charge >= 0.3 is 0 Å². The highest BCUT2D eigenvalue weighted by Gasteiger charge is 2.16. The molecule has 37 heavy (non-hydrogen) atoms. The van der Waals surface area contributed by atoms with E-state index in [4.69, 9.17) is 4.98 Å². The zero-order valence-corrected chi connectivity index (χ0v) is 20.2. The van der Waals surface area contributed by atoms with Gasteiger partial charge in [0.2, 0.25) is 5.91 Å². The number of likely N-dealkylation sites (N-methyl/N-ethyl adjacent to an activating group) is 1. The standard InChI is InChI=1S/C27H23N9O/c1-36(2)15-23(37)31-19-11-18(13-29-14-19)17-3-4-22-21(12-17)25(35-34-22)27-32-24-20(7-10-30-26(24)33-27)16-5-8-28-9-6-16/h3-14H,15H2,1-2H3,(H,31,37)(H,34,35)(H,30,32,33). The van der Waals surface area contributed by atoms with Gasteiger partial charge in [0, 0.05) is 41.3 Å². The molecular weight excluding hydrogens is 466 g/mol. The summed E-state index contributed by atoms with van der Waals surface area (Å²) in [6.45, 7) is 0.295. The fourth-order valence-corrected chi connectivity index (χ4v) is 4.32. The van der Waals surface area contributed by atoms with E-state index >= 15 is 0 Å². The summed E-state index contributed by atoms with van der Waals surface area (Å²) >= 11 is 0. The first-order chi connectivity index (χ1) is 18.0. The minimum atomic E-state index is -0.0962. The van der Waals surface area contributed by atoms with E-state index in [0.29, 0.717) is 29.4 Å². The molecule has 0 aliphatic carbocycles. The SMILES string of the molecule is CN(C)CC(=O)Nc1cncc(-c2ccc3[nH]nc(-c4nc5c(-c6ccncc6)ccnc5[nH]4)c3c2)c1. The molecule has 6 rings (SSSR count). The summed E-state index contributed by atoms with van der Waals surface area (Å²) in [6, 6.07) is 13.8. The van der Waals surface area contributed by atoms with Crippen LogP contribution in [0.2, 0.25) is 0 Å². The average molecular weight is 490 g/mol. The van der Waals surface area contributed by atoms with Gasteiger partial charge in [-0.3, -0.25) is 19.9 Å². The lowest BCUT2D eigenvalue weighted by Crippen LogP contribution is -2.27. The van der Waals surface area contributed by atoms with Crippen molar-refractivity contribution >= 4 is 33.7 Å². The highest BCUT2D eigenvalue weighted by molar-refractivity contribution is 5.98. The molecule has 0 spiro atoms. The lowest BCUT2D eigenvalue weighted by atomic mass is 10.0. The lowest BCUT2D eigenvalue weighted by Gasteiger charge is -2.11. The maximum Gasteiger partial charge on any atom is 0.238 e. The summed E-state index contributed by atoms with van der Waals surface area (Å²) in [4.78, 5) is 35.1. The second kappa shape index (κ2) is 9.25. The molecule has 1 amide bonds. The highest BCUT2D eigenvalue weighted by Crippen LogP contribution is 2.32. The number of rotatable bonds is 6. The molecular formula is C27H23N9O. The number of anilines is 1. The molecule has 0 saturated carbocycles. The molecule has 0 radical (unpaired) electrons. The van der Waals surface area contributed by atoms with Crippen molar-refractivity contribution in [2.24, 2.45) is 0 Å². The Balaban J connectivity index is 1.38. The minimum absolute atomic E-state index is 0.0962. The number of carbonyl (C=O) groups is 1. The molecule has 0 atom stereocenters. The number of benzene rings is 1. The van der Waals surface area contributed by atoms with E-state index in [1.54, 1.807) is 31.0 Å². The van der Waals surface area contributed by atoms with Gasteiger partial charge in [-0.15, -0.1) is 0 Å². The molecule has 10 nitrogen and oxygen atoms in total. The molecule has 0 unspecified atom stereocenters. The van der Waals surface area contributed by atoms with E-state index < -0.39 is 0 Å². The van der Waals surface area contributed by atoms with Gasteiger partial charge in [-0.2, -0.15) is 5.10 Å². The van der Waals surface area contributed by atoms with E-state index in [1.807, 2.05) is 61.5 Å². The maximum absolute atomic E-state index is 12.2. The van der Waals surface area contributed by atoms with E-state index in [1.165, 1.54) is 0 Å². The summed E-state index contributed by atoms with van der Waals surface area (Å²) in [6.07, 6.45) is 8.69. The summed E-state index contributed by atoms with van der Waals surface area (Å²) < 4.78 is 0. The predicted molar refractivity (Wildman–Crippen MR) is 143 cm³/mol. The van der Waals surface area contributed by atoms with Crippen molar-refractivity contribution in [3.63, 3.8) is 0 Å². The largest absolute Gasteiger partial charge is 0.324 e. The topological polar surface area (TPSA) is 128 Å². The van der Waals surface area contributed by atoms with E-state index in [-0.39, 0.29) is 5.91 Å². The van der Waals surface area contributed by atoms with Crippen LogP contribution in [0, 0.1) is 0 Å². The molecule has 5 heterocycles. The van der Waals surface area contributed by atoms with Crippen molar-refractivity contribution < 1.29 is 4.79 Å². The van der Waals surface area contributed by atoms with Gasteiger partial charge < -0.3 is 15.2 Å². The molecule has 182 valence electrons. The number of nitrogens with zero attached hydrogens (tertiary/aromatic N) is 6. The van der Waals surface area contributed by atoms with Crippen LogP contribution in [-0.2, 0) is 4.79 Å². The van der Waals surface area contributed by atoms with Crippen molar-refractivity contribution in [2.75, 3.05) is 26.0 Å². The van der Waals surface area contributed by atoms with Crippen LogP contribution in [0.4, 0.5) is 5.69 Å². The molecule has 0 aliphatic heterocycles. The monoisotopic (exact) mass is 489 g/mol. The van der Waals surface area contributed by atoms with Crippen LogP contribution in [0.3, 0.4) is 0 Å². The van der Waals surface area contributed by atoms with Gasteiger partial charge in [0.15, 0.2) is 11.5 Å². The van der Waals surface area contributed by atoms with Crippen LogP contribution >= 0.6 is 0 Å². The first kappa shape index (κ1) is 22.5. The summed E-state index contributed by atoms with van der Waals surface area (Å²) in [5.41, 5.74) is 7.46. The number of aromatic nitrogens is 7. The van der Waals surface area contributed by atoms with Crippen molar-refractivity contribution in [3.05, 3.63) is 73.4 Å². The van der Waals surface area contributed by atoms with Crippen molar-refractivity contribution in [3.8, 4) is 33.8 Å². The smallest absolute Gasteiger partial charge is 0.238 e. The van der Waals surface area contributed by atoms with Crippen LogP contribution in [0.25, 0.3) is 55.8 Å². The lowest BCUT2D eigenvalue weighted by molar-refractivity contribution is -0.116. The van der Waals surface area contributed by atoms with Crippen LogP contribution in [0.1, 0.15) is 0 Å². The number of imidazole rings is 1. The third kappa shape index (κ3) is 4.41. The summed E-state index contributed by atoms with van der Waals surface area (Å²) in [5.74, 6) is 0.524. The fraction of sp³-hybridized carbons (Fsp3) is 0.111. The van der Waals surface area contributed by atoms with Crippen molar-refractivity contribution in [1.82, 2.24) is 40.0 Å². The Morgan fingerprint density at radius 1 is 0.946 bits per heavy atom. The van der Waals surface area contributed by atoms with Gasteiger partial charge in [0.05, 0.1) is 23.9 Å². The predicted octanol–water partition coefficient (Wildman–Crippen LogP) is 4.13. The van der Waals surface area contributed by atoms with Crippen molar-refractivity contribution in [2.45, 2.75) is 0 Å². The number of amides is 1. The van der Waals surface area contributed by atoms with Crippen LogP contribution in [-0.4, -0.2) is 66.6 Å². The van der Waals surface area contributed by atoms with Crippen molar-refractivity contribution in [1.29, 1.82) is 0 Å². The van der Waals surface area contributed by atoms with Gasteiger partial charge in [0.25, 0.3) is 0 Å². The second-order valence-electron chi connectivity index (χ2n) is 8.96. The number of aromatic amines is 2. The Morgan fingerprint density at radius 3 is 2.65 bits per heavy atom. The number of fused-ring (bicyclic) bond motifs is 2. The van der Waals surface area contributed by atoms with E-state index in [9.17, 15) is 4.79 Å².